The Kier molecular flexibility index (Phi) is 4.99. The first-order valence-electron chi connectivity index (χ1n) is 7.62. The third kappa shape index (κ3) is 3.63. The van der Waals surface area contributed by atoms with E-state index in [1.165, 1.54) is 5.56 Å². The molecule has 0 unspecified atom stereocenters. The molecule has 1 saturated carbocycles. The van der Waals surface area contributed by atoms with Gasteiger partial charge in [-0.1, -0.05) is 19.1 Å². The maximum absolute atomic E-state index is 12.5. The van der Waals surface area contributed by atoms with Crippen LogP contribution >= 0.6 is 0 Å². The number of aryl methyl sites for hydroxylation is 1. The summed E-state index contributed by atoms with van der Waals surface area (Å²) in [5, 5.41) is 9.00. The monoisotopic (exact) mass is 289 g/mol. The fraction of sp³-hybridized carbons (Fsp3) is 0.529. The average Bonchev–Trinajstić information content (AvgIpc) is 2.53. The summed E-state index contributed by atoms with van der Waals surface area (Å²) in [6, 6.07) is 8.03. The van der Waals surface area contributed by atoms with Crippen LogP contribution in [0.5, 0.6) is 0 Å². The SMILES string of the molecule is CCc1ccc(N(C)C(=O)C2CCC(C(=O)O)CC2)cc1. The molecule has 21 heavy (non-hydrogen) atoms. The van der Waals surface area contributed by atoms with Crippen LogP contribution in [0.3, 0.4) is 0 Å². The molecule has 1 fully saturated rings. The predicted molar refractivity (Wildman–Crippen MR) is 82.3 cm³/mol. The van der Waals surface area contributed by atoms with Gasteiger partial charge in [0.15, 0.2) is 0 Å². The number of hydrogen-bond donors (Lipinski definition) is 1. The number of benzene rings is 1. The minimum atomic E-state index is -0.732. The molecule has 4 heteroatoms. The number of rotatable bonds is 4. The molecule has 1 aromatic carbocycles. The lowest BCUT2D eigenvalue weighted by atomic mass is 9.81. The van der Waals surface area contributed by atoms with Crippen molar-refractivity contribution in [3.8, 4) is 0 Å². The third-order valence-corrected chi connectivity index (χ3v) is 4.49. The highest BCUT2D eigenvalue weighted by Crippen LogP contribution is 2.31. The molecule has 1 amide bonds. The van der Waals surface area contributed by atoms with Gasteiger partial charge in [0, 0.05) is 18.7 Å². The molecule has 1 N–H and O–H groups in total. The van der Waals surface area contributed by atoms with E-state index in [0.717, 1.165) is 12.1 Å². The number of anilines is 1. The van der Waals surface area contributed by atoms with Crippen molar-refractivity contribution in [2.75, 3.05) is 11.9 Å². The highest BCUT2D eigenvalue weighted by molar-refractivity contribution is 5.94. The van der Waals surface area contributed by atoms with E-state index in [4.69, 9.17) is 5.11 Å². The van der Waals surface area contributed by atoms with Gasteiger partial charge in [-0.15, -0.1) is 0 Å². The van der Waals surface area contributed by atoms with Gasteiger partial charge in [-0.25, -0.2) is 0 Å². The molecule has 0 aromatic heterocycles. The van der Waals surface area contributed by atoms with E-state index in [1.54, 1.807) is 11.9 Å². The summed E-state index contributed by atoms with van der Waals surface area (Å²) in [6.07, 6.45) is 3.54. The van der Waals surface area contributed by atoms with E-state index in [0.29, 0.717) is 25.7 Å². The van der Waals surface area contributed by atoms with Crippen molar-refractivity contribution >= 4 is 17.6 Å². The van der Waals surface area contributed by atoms with Crippen LogP contribution in [0.25, 0.3) is 0 Å². The van der Waals surface area contributed by atoms with Crippen LogP contribution in [-0.4, -0.2) is 24.0 Å². The van der Waals surface area contributed by atoms with E-state index in [9.17, 15) is 9.59 Å². The Bertz CT molecular complexity index is 501. The molecule has 0 aliphatic heterocycles. The average molecular weight is 289 g/mol. The summed E-state index contributed by atoms with van der Waals surface area (Å²) in [5.41, 5.74) is 2.15. The van der Waals surface area contributed by atoms with Gasteiger partial charge < -0.3 is 10.0 Å². The van der Waals surface area contributed by atoms with Gasteiger partial charge in [0.05, 0.1) is 5.92 Å². The second-order valence-corrected chi connectivity index (χ2v) is 5.80. The first-order chi connectivity index (χ1) is 10.0. The lowest BCUT2D eigenvalue weighted by Gasteiger charge is -2.29. The lowest BCUT2D eigenvalue weighted by molar-refractivity contribution is -0.143. The number of nitrogens with zero attached hydrogens (tertiary/aromatic N) is 1. The van der Waals surface area contributed by atoms with E-state index in [2.05, 4.69) is 6.92 Å². The van der Waals surface area contributed by atoms with E-state index in [-0.39, 0.29) is 17.7 Å². The Hall–Kier alpha value is -1.84. The van der Waals surface area contributed by atoms with Gasteiger partial charge in [-0.05, 0) is 49.8 Å². The van der Waals surface area contributed by atoms with Gasteiger partial charge in [0.2, 0.25) is 5.91 Å². The zero-order valence-corrected chi connectivity index (χ0v) is 12.7. The number of carboxylic acids is 1. The smallest absolute Gasteiger partial charge is 0.306 e. The maximum atomic E-state index is 12.5. The lowest BCUT2D eigenvalue weighted by Crippen LogP contribution is -2.35. The van der Waals surface area contributed by atoms with E-state index >= 15 is 0 Å². The Labute approximate surface area is 125 Å². The highest BCUT2D eigenvalue weighted by Gasteiger charge is 2.31. The number of aliphatic carboxylic acids is 1. The molecule has 0 saturated heterocycles. The largest absolute Gasteiger partial charge is 0.481 e. The van der Waals surface area contributed by atoms with Crippen molar-refractivity contribution in [1.29, 1.82) is 0 Å². The van der Waals surface area contributed by atoms with Crippen molar-refractivity contribution in [3.05, 3.63) is 29.8 Å². The van der Waals surface area contributed by atoms with E-state index in [1.807, 2.05) is 24.3 Å². The molecule has 1 aliphatic rings. The zero-order chi connectivity index (χ0) is 15.4. The standard InChI is InChI=1S/C17H23NO3/c1-3-12-4-10-15(11-5-12)18(2)16(19)13-6-8-14(9-7-13)17(20)21/h4-5,10-11,13-14H,3,6-9H2,1-2H3,(H,20,21). The fourth-order valence-corrected chi connectivity index (χ4v) is 2.94. The highest BCUT2D eigenvalue weighted by atomic mass is 16.4. The summed E-state index contributed by atoms with van der Waals surface area (Å²) >= 11 is 0. The van der Waals surface area contributed by atoms with Gasteiger partial charge in [-0.2, -0.15) is 0 Å². The van der Waals surface area contributed by atoms with Crippen LogP contribution in [-0.2, 0) is 16.0 Å². The first kappa shape index (κ1) is 15.5. The molecular weight excluding hydrogens is 266 g/mol. The van der Waals surface area contributed by atoms with Gasteiger partial charge in [0.25, 0.3) is 0 Å². The van der Waals surface area contributed by atoms with Gasteiger partial charge in [-0.3, -0.25) is 9.59 Å². The summed E-state index contributed by atoms with van der Waals surface area (Å²) in [7, 11) is 1.80. The summed E-state index contributed by atoms with van der Waals surface area (Å²) in [4.78, 5) is 25.2. The van der Waals surface area contributed by atoms with Crippen molar-refractivity contribution in [2.24, 2.45) is 11.8 Å². The van der Waals surface area contributed by atoms with Crippen molar-refractivity contribution in [1.82, 2.24) is 0 Å². The molecule has 1 aliphatic carbocycles. The zero-order valence-electron chi connectivity index (χ0n) is 12.7. The third-order valence-electron chi connectivity index (χ3n) is 4.49. The number of hydrogen-bond acceptors (Lipinski definition) is 2. The van der Waals surface area contributed by atoms with Crippen LogP contribution in [0.2, 0.25) is 0 Å². The van der Waals surface area contributed by atoms with Crippen molar-refractivity contribution in [2.45, 2.75) is 39.0 Å². The summed E-state index contributed by atoms with van der Waals surface area (Å²) < 4.78 is 0. The second kappa shape index (κ2) is 6.74. The number of carbonyl (C=O) groups excluding carboxylic acids is 1. The van der Waals surface area contributed by atoms with Crippen LogP contribution < -0.4 is 4.90 Å². The molecule has 1 aromatic rings. The Morgan fingerprint density at radius 3 is 2.10 bits per heavy atom. The molecule has 0 spiro atoms. The normalized spacial score (nSPS) is 21.8. The number of carbonyl (C=O) groups is 2. The maximum Gasteiger partial charge on any atom is 0.306 e. The van der Waals surface area contributed by atoms with Crippen LogP contribution in [0.4, 0.5) is 5.69 Å². The van der Waals surface area contributed by atoms with Crippen LogP contribution in [0.1, 0.15) is 38.2 Å². The quantitative estimate of drug-likeness (QED) is 0.926. The molecule has 114 valence electrons. The summed E-state index contributed by atoms with van der Waals surface area (Å²) in [5.74, 6) is -0.952. The summed E-state index contributed by atoms with van der Waals surface area (Å²) in [6.45, 7) is 2.10. The molecule has 2 rings (SSSR count). The van der Waals surface area contributed by atoms with Crippen LogP contribution in [0.15, 0.2) is 24.3 Å². The number of carboxylic acid groups (broad SMARTS) is 1. The Morgan fingerprint density at radius 1 is 1.10 bits per heavy atom. The fourth-order valence-electron chi connectivity index (χ4n) is 2.94. The first-order valence-corrected chi connectivity index (χ1v) is 7.62. The minimum Gasteiger partial charge on any atom is -0.481 e. The van der Waals surface area contributed by atoms with E-state index < -0.39 is 5.97 Å². The van der Waals surface area contributed by atoms with Gasteiger partial charge in [0.1, 0.15) is 0 Å². The van der Waals surface area contributed by atoms with Crippen molar-refractivity contribution < 1.29 is 14.7 Å². The van der Waals surface area contributed by atoms with Gasteiger partial charge >= 0.3 is 5.97 Å². The Morgan fingerprint density at radius 2 is 1.62 bits per heavy atom. The predicted octanol–water partition coefficient (Wildman–Crippen LogP) is 3.10. The van der Waals surface area contributed by atoms with Crippen molar-refractivity contribution in [3.63, 3.8) is 0 Å². The molecule has 0 atom stereocenters. The minimum absolute atomic E-state index is 0.0450. The Balaban J connectivity index is 1.97. The molecular formula is C17H23NO3. The second-order valence-electron chi connectivity index (χ2n) is 5.80. The van der Waals surface area contributed by atoms with Crippen LogP contribution in [0, 0.1) is 11.8 Å². The molecule has 0 heterocycles. The molecule has 0 bridgehead atoms. The topological polar surface area (TPSA) is 57.6 Å². The molecule has 0 radical (unpaired) electrons. The molecule has 4 nitrogen and oxygen atoms in total. The number of amides is 1.